The van der Waals surface area contributed by atoms with Crippen LogP contribution in [0.5, 0.6) is 0 Å². The van der Waals surface area contributed by atoms with Crippen LogP contribution in [0.1, 0.15) is 23.8 Å². The van der Waals surface area contributed by atoms with Gasteiger partial charge in [0.1, 0.15) is 11.7 Å². The van der Waals surface area contributed by atoms with E-state index in [0.29, 0.717) is 10.8 Å². The molecule has 1 atom stereocenters. The van der Waals surface area contributed by atoms with E-state index in [2.05, 4.69) is 10.3 Å². The molecule has 1 aromatic carbocycles. The first-order chi connectivity index (χ1) is 9.52. The SMILES string of the molecule is CCC(NC(=O)c1cc2ccccc2c(=O)[nH]1)C(=O)O. The summed E-state index contributed by atoms with van der Waals surface area (Å²) in [6, 6.07) is 7.42. The van der Waals surface area contributed by atoms with Crippen LogP contribution in [0.25, 0.3) is 10.8 Å². The van der Waals surface area contributed by atoms with E-state index in [0.717, 1.165) is 0 Å². The van der Waals surface area contributed by atoms with Crippen molar-refractivity contribution < 1.29 is 14.7 Å². The van der Waals surface area contributed by atoms with Gasteiger partial charge in [-0.2, -0.15) is 0 Å². The number of nitrogens with one attached hydrogen (secondary N) is 2. The Kier molecular flexibility index (Phi) is 3.84. The number of hydrogen-bond acceptors (Lipinski definition) is 3. The van der Waals surface area contributed by atoms with Gasteiger partial charge in [0.15, 0.2) is 0 Å². The molecular weight excluding hydrogens is 260 g/mol. The molecule has 0 aliphatic heterocycles. The number of carboxylic acid groups (broad SMARTS) is 1. The van der Waals surface area contributed by atoms with Crippen molar-refractivity contribution in [2.45, 2.75) is 19.4 Å². The molecule has 1 amide bonds. The van der Waals surface area contributed by atoms with Crippen LogP contribution in [-0.4, -0.2) is 28.0 Å². The summed E-state index contributed by atoms with van der Waals surface area (Å²) in [5, 5.41) is 12.4. The fraction of sp³-hybridized carbons (Fsp3) is 0.214. The Morgan fingerprint density at radius 3 is 2.70 bits per heavy atom. The van der Waals surface area contributed by atoms with E-state index in [4.69, 9.17) is 5.11 Å². The van der Waals surface area contributed by atoms with Gasteiger partial charge in [-0.3, -0.25) is 9.59 Å². The van der Waals surface area contributed by atoms with Crippen molar-refractivity contribution in [2.24, 2.45) is 0 Å². The van der Waals surface area contributed by atoms with Crippen molar-refractivity contribution >= 4 is 22.6 Å². The number of rotatable bonds is 4. The van der Waals surface area contributed by atoms with Gasteiger partial charge >= 0.3 is 5.97 Å². The largest absolute Gasteiger partial charge is 0.480 e. The maximum absolute atomic E-state index is 12.0. The fourth-order valence-corrected chi connectivity index (χ4v) is 1.91. The molecule has 1 aromatic heterocycles. The summed E-state index contributed by atoms with van der Waals surface area (Å²) >= 11 is 0. The molecule has 0 saturated heterocycles. The summed E-state index contributed by atoms with van der Waals surface area (Å²) in [5.41, 5.74) is -0.329. The van der Waals surface area contributed by atoms with Crippen LogP contribution in [0.3, 0.4) is 0 Å². The lowest BCUT2D eigenvalue weighted by molar-refractivity contribution is -0.139. The number of hydrogen-bond donors (Lipinski definition) is 3. The van der Waals surface area contributed by atoms with E-state index < -0.39 is 17.9 Å². The Bertz CT molecular complexity index is 720. The number of benzene rings is 1. The zero-order chi connectivity index (χ0) is 14.7. The number of aliphatic carboxylic acids is 1. The molecule has 3 N–H and O–H groups in total. The molecule has 0 saturated carbocycles. The van der Waals surface area contributed by atoms with Crippen molar-refractivity contribution in [3.8, 4) is 0 Å². The Balaban J connectivity index is 2.36. The average Bonchev–Trinajstić information content (AvgIpc) is 2.44. The highest BCUT2D eigenvalue weighted by molar-refractivity contribution is 5.98. The van der Waals surface area contributed by atoms with Crippen LogP contribution in [0, 0.1) is 0 Å². The van der Waals surface area contributed by atoms with Crippen LogP contribution in [0.15, 0.2) is 35.1 Å². The number of aromatic nitrogens is 1. The minimum absolute atomic E-state index is 0.0494. The number of amides is 1. The molecule has 2 aromatic rings. The standard InChI is InChI=1S/C14H14N2O4/c1-2-10(14(19)20)15-13(18)11-7-8-5-3-4-6-9(8)12(17)16-11/h3-7,10H,2H2,1H3,(H,15,18)(H,16,17)(H,19,20). The van der Waals surface area contributed by atoms with Crippen LogP contribution in [-0.2, 0) is 4.79 Å². The molecular formula is C14H14N2O4. The summed E-state index contributed by atoms with van der Waals surface area (Å²) < 4.78 is 0. The molecule has 0 radical (unpaired) electrons. The van der Waals surface area contributed by atoms with Gasteiger partial charge in [-0.25, -0.2) is 4.79 Å². The van der Waals surface area contributed by atoms with Gasteiger partial charge < -0.3 is 15.4 Å². The first-order valence-electron chi connectivity index (χ1n) is 6.18. The third kappa shape index (κ3) is 2.69. The summed E-state index contributed by atoms with van der Waals surface area (Å²) in [6.07, 6.45) is 0.263. The van der Waals surface area contributed by atoms with Crippen LogP contribution in [0.4, 0.5) is 0 Å². The first-order valence-corrected chi connectivity index (χ1v) is 6.18. The molecule has 104 valence electrons. The molecule has 20 heavy (non-hydrogen) atoms. The van der Waals surface area contributed by atoms with Crippen molar-refractivity contribution in [2.75, 3.05) is 0 Å². The number of carboxylic acids is 1. The van der Waals surface area contributed by atoms with Gasteiger partial charge in [-0.1, -0.05) is 25.1 Å². The van der Waals surface area contributed by atoms with Crippen molar-refractivity contribution in [3.63, 3.8) is 0 Å². The second-order valence-corrected chi connectivity index (χ2v) is 4.37. The third-order valence-electron chi connectivity index (χ3n) is 3.01. The zero-order valence-corrected chi connectivity index (χ0v) is 10.8. The molecule has 6 heteroatoms. The quantitative estimate of drug-likeness (QED) is 0.778. The highest BCUT2D eigenvalue weighted by Crippen LogP contribution is 2.10. The molecule has 0 aliphatic rings. The van der Waals surface area contributed by atoms with E-state index >= 15 is 0 Å². The monoisotopic (exact) mass is 274 g/mol. The lowest BCUT2D eigenvalue weighted by Gasteiger charge is -2.12. The highest BCUT2D eigenvalue weighted by Gasteiger charge is 2.19. The van der Waals surface area contributed by atoms with Gasteiger partial charge in [0.2, 0.25) is 0 Å². The van der Waals surface area contributed by atoms with Crippen molar-refractivity contribution in [3.05, 3.63) is 46.4 Å². The molecule has 0 spiro atoms. The summed E-state index contributed by atoms with van der Waals surface area (Å²) in [6.45, 7) is 1.65. The first kappa shape index (κ1) is 13.8. The van der Waals surface area contributed by atoms with Gasteiger partial charge in [-0.05, 0) is 23.9 Å². The Morgan fingerprint density at radius 2 is 2.05 bits per heavy atom. The van der Waals surface area contributed by atoms with E-state index in [9.17, 15) is 14.4 Å². The second kappa shape index (κ2) is 5.56. The predicted octanol–water partition coefficient (Wildman–Crippen LogP) is 1.12. The highest BCUT2D eigenvalue weighted by atomic mass is 16.4. The number of carbonyl (C=O) groups is 2. The van der Waals surface area contributed by atoms with E-state index in [1.54, 1.807) is 31.2 Å². The normalized spacial score (nSPS) is 12.1. The lowest BCUT2D eigenvalue weighted by Crippen LogP contribution is -2.41. The summed E-state index contributed by atoms with van der Waals surface area (Å²) in [4.78, 5) is 37.2. The van der Waals surface area contributed by atoms with Crippen LogP contribution >= 0.6 is 0 Å². The van der Waals surface area contributed by atoms with E-state index in [-0.39, 0.29) is 17.7 Å². The average molecular weight is 274 g/mol. The topological polar surface area (TPSA) is 99.3 Å². The molecule has 0 bridgehead atoms. The van der Waals surface area contributed by atoms with Gasteiger partial charge in [0.25, 0.3) is 11.5 Å². The number of pyridine rings is 1. The number of carbonyl (C=O) groups excluding carboxylic acids is 1. The fourth-order valence-electron chi connectivity index (χ4n) is 1.91. The van der Waals surface area contributed by atoms with E-state index in [1.165, 1.54) is 6.07 Å². The second-order valence-electron chi connectivity index (χ2n) is 4.37. The number of aromatic amines is 1. The minimum atomic E-state index is -1.11. The summed E-state index contributed by atoms with van der Waals surface area (Å²) in [5.74, 6) is -1.72. The molecule has 0 fully saturated rings. The third-order valence-corrected chi connectivity index (χ3v) is 3.01. The van der Waals surface area contributed by atoms with Crippen LogP contribution in [0.2, 0.25) is 0 Å². The Hall–Kier alpha value is -2.63. The van der Waals surface area contributed by atoms with Crippen molar-refractivity contribution in [1.29, 1.82) is 0 Å². The smallest absolute Gasteiger partial charge is 0.326 e. The summed E-state index contributed by atoms with van der Waals surface area (Å²) in [7, 11) is 0. The molecule has 2 rings (SSSR count). The molecule has 0 aliphatic carbocycles. The molecule has 6 nitrogen and oxygen atoms in total. The number of fused-ring (bicyclic) bond motifs is 1. The van der Waals surface area contributed by atoms with Crippen molar-refractivity contribution in [1.82, 2.24) is 10.3 Å². The zero-order valence-electron chi connectivity index (χ0n) is 10.8. The van der Waals surface area contributed by atoms with E-state index in [1.807, 2.05) is 0 Å². The van der Waals surface area contributed by atoms with Gasteiger partial charge in [0, 0.05) is 5.39 Å². The maximum Gasteiger partial charge on any atom is 0.326 e. The van der Waals surface area contributed by atoms with Crippen LogP contribution < -0.4 is 10.9 Å². The predicted molar refractivity (Wildman–Crippen MR) is 73.7 cm³/mol. The maximum atomic E-state index is 12.0. The lowest BCUT2D eigenvalue weighted by atomic mass is 10.1. The molecule has 1 unspecified atom stereocenters. The Morgan fingerprint density at radius 1 is 1.35 bits per heavy atom. The number of H-pyrrole nitrogens is 1. The molecule has 1 heterocycles. The van der Waals surface area contributed by atoms with Gasteiger partial charge in [-0.15, -0.1) is 0 Å². The van der Waals surface area contributed by atoms with Gasteiger partial charge in [0.05, 0.1) is 0 Å². The minimum Gasteiger partial charge on any atom is -0.480 e. The Labute approximate surface area is 114 Å².